The van der Waals surface area contributed by atoms with Crippen LogP contribution in [0.5, 0.6) is 5.75 Å². The van der Waals surface area contributed by atoms with Gasteiger partial charge in [0.15, 0.2) is 12.7 Å². The topological polar surface area (TPSA) is 179 Å². The van der Waals surface area contributed by atoms with E-state index in [1.165, 1.54) is 30.5 Å². The number of ether oxygens (including phenoxy) is 2. The van der Waals surface area contributed by atoms with Gasteiger partial charge in [-0.15, -0.1) is 0 Å². The summed E-state index contributed by atoms with van der Waals surface area (Å²) >= 11 is 0. The van der Waals surface area contributed by atoms with Crippen LogP contribution in [0.4, 0.5) is 14.6 Å². The second-order valence-corrected chi connectivity index (χ2v) is 7.87. The maximum atomic E-state index is 15.1. The normalized spacial score (nSPS) is 11.5. The van der Waals surface area contributed by atoms with Gasteiger partial charge in [-0.25, -0.2) is 13.8 Å². The van der Waals surface area contributed by atoms with Gasteiger partial charge >= 0.3 is 0 Å². The number of rotatable bonds is 11. The molecule has 1 atom stereocenters. The number of hydrogen-bond acceptors (Lipinski definition) is 7. The lowest BCUT2D eigenvalue weighted by atomic mass is 10.0. The summed E-state index contributed by atoms with van der Waals surface area (Å²) in [5.74, 6) is -3.32. The third-order valence-corrected chi connectivity index (χ3v) is 5.23. The highest BCUT2D eigenvalue weighted by Crippen LogP contribution is 2.30. The van der Waals surface area contributed by atoms with Gasteiger partial charge in [0.05, 0.1) is 5.56 Å². The monoisotopic (exact) mass is 512 g/mol. The molecule has 1 unspecified atom stereocenters. The van der Waals surface area contributed by atoms with Crippen LogP contribution in [-0.4, -0.2) is 35.8 Å². The first-order valence-electron chi connectivity index (χ1n) is 11.1. The van der Waals surface area contributed by atoms with E-state index in [1.54, 1.807) is 13.0 Å². The van der Waals surface area contributed by atoms with Crippen molar-refractivity contribution < 1.29 is 27.8 Å². The van der Waals surface area contributed by atoms with Crippen LogP contribution in [0, 0.1) is 17.0 Å². The first-order valence-corrected chi connectivity index (χ1v) is 11.1. The van der Waals surface area contributed by atoms with Crippen LogP contribution in [0.2, 0.25) is 0 Å². The van der Waals surface area contributed by atoms with Crippen LogP contribution in [-0.2, 0) is 20.9 Å². The number of primary amides is 1. The fraction of sp³-hybridized carbons (Fsp3) is 0.200. The van der Waals surface area contributed by atoms with Crippen LogP contribution in [0.15, 0.2) is 48.7 Å². The van der Waals surface area contributed by atoms with E-state index in [9.17, 15) is 9.59 Å². The average molecular weight is 513 g/mol. The number of nitrogen functional groups attached to an aromatic ring is 2. The van der Waals surface area contributed by atoms with Gasteiger partial charge < -0.3 is 32.0 Å². The number of nitrogens with two attached hydrogens (primary N) is 3. The van der Waals surface area contributed by atoms with E-state index in [1.807, 2.05) is 0 Å². The van der Waals surface area contributed by atoms with E-state index in [-0.39, 0.29) is 36.1 Å². The summed E-state index contributed by atoms with van der Waals surface area (Å²) < 4.78 is 41.0. The third-order valence-electron chi connectivity index (χ3n) is 5.23. The highest BCUT2D eigenvalue weighted by molar-refractivity contribution is 5.95. The maximum Gasteiger partial charge on any atom is 0.255 e. The van der Waals surface area contributed by atoms with Crippen molar-refractivity contribution in [2.45, 2.75) is 19.6 Å². The number of nitrogens with one attached hydrogen (secondary N) is 2. The van der Waals surface area contributed by atoms with Gasteiger partial charge in [-0.3, -0.25) is 15.0 Å². The maximum absolute atomic E-state index is 15.1. The standard InChI is InChI=1S/C25H26F2N6O4/c1-2-36-23(22-17(26)7-16(8-18(22)27)14-5-6-20(28)32-10-14)25(35)33-11-15-4-3-13(24(30)31)9-19(15)37-12-21(29)34/h3-10,23H,2,11-12H2,1H3,(H2,28,32)(H2,29,34)(H3,30,31)(H,33,35). The molecule has 0 aliphatic carbocycles. The minimum atomic E-state index is -1.59. The first-order chi connectivity index (χ1) is 17.6. The average Bonchev–Trinajstić information content (AvgIpc) is 2.85. The molecule has 2 amide bonds. The van der Waals surface area contributed by atoms with Crippen LogP contribution < -0.4 is 27.3 Å². The zero-order valence-corrected chi connectivity index (χ0v) is 19.9. The number of amidine groups is 1. The lowest BCUT2D eigenvalue weighted by molar-refractivity contribution is -0.133. The molecular weight excluding hydrogens is 486 g/mol. The molecule has 0 fully saturated rings. The van der Waals surface area contributed by atoms with E-state index >= 15 is 8.78 Å². The Morgan fingerprint density at radius 3 is 2.35 bits per heavy atom. The highest BCUT2D eigenvalue weighted by Gasteiger charge is 2.28. The summed E-state index contributed by atoms with van der Waals surface area (Å²) in [6.45, 7) is 0.991. The zero-order chi connectivity index (χ0) is 27.1. The van der Waals surface area contributed by atoms with E-state index in [2.05, 4.69) is 10.3 Å². The Hall–Kier alpha value is -4.58. The summed E-state index contributed by atoms with van der Waals surface area (Å²) in [5.41, 5.74) is 17.0. The minimum Gasteiger partial charge on any atom is -0.483 e. The largest absolute Gasteiger partial charge is 0.483 e. The lowest BCUT2D eigenvalue weighted by Gasteiger charge is -2.20. The molecule has 0 saturated heterocycles. The molecule has 0 aliphatic heterocycles. The number of anilines is 1. The Labute approximate surface area is 211 Å². The second-order valence-electron chi connectivity index (χ2n) is 7.87. The number of halogens is 2. The smallest absolute Gasteiger partial charge is 0.255 e. The van der Waals surface area contributed by atoms with Crippen molar-refractivity contribution in [1.29, 1.82) is 5.41 Å². The Morgan fingerprint density at radius 1 is 1.08 bits per heavy atom. The minimum absolute atomic E-state index is 0.000874. The van der Waals surface area contributed by atoms with Crippen molar-refractivity contribution in [3.63, 3.8) is 0 Å². The summed E-state index contributed by atoms with van der Waals surface area (Å²) in [7, 11) is 0. The third kappa shape index (κ3) is 6.76. The first kappa shape index (κ1) is 27.0. The van der Waals surface area contributed by atoms with Crippen LogP contribution in [0.1, 0.15) is 29.7 Å². The summed E-state index contributed by atoms with van der Waals surface area (Å²) in [4.78, 5) is 28.1. The van der Waals surface area contributed by atoms with Gasteiger partial charge in [-0.05, 0) is 42.8 Å². The summed E-state index contributed by atoms with van der Waals surface area (Å²) in [5, 5.41) is 10.1. The van der Waals surface area contributed by atoms with Gasteiger partial charge in [0.1, 0.15) is 29.0 Å². The number of carbonyl (C=O) groups excluding carboxylic acids is 2. The van der Waals surface area contributed by atoms with Crippen LogP contribution >= 0.6 is 0 Å². The number of carbonyl (C=O) groups is 2. The molecule has 0 radical (unpaired) electrons. The molecule has 1 aromatic heterocycles. The van der Waals surface area contributed by atoms with Gasteiger partial charge in [0.25, 0.3) is 11.8 Å². The molecule has 0 aliphatic rings. The molecule has 8 N–H and O–H groups in total. The molecule has 0 spiro atoms. The molecule has 2 aromatic carbocycles. The molecule has 1 heterocycles. The van der Waals surface area contributed by atoms with E-state index in [4.69, 9.17) is 32.1 Å². The van der Waals surface area contributed by atoms with Crippen molar-refractivity contribution in [1.82, 2.24) is 10.3 Å². The Morgan fingerprint density at radius 2 is 1.78 bits per heavy atom. The number of hydrogen-bond donors (Lipinski definition) is 5. The summed E-state index contributed by atoms with van der Waals surface area (Å²) in [6.07, 6.45) is -0.208. The van der Waals surface area contributed by atoms with E-state index in [0.717, 1.165) is 12.1 Å². The Bertz CT molecular complexity index is 1290. The number of nitrogens with zero attached hydrogens (tertiary/aromatic N) is 1. The number of aromatic nitrogens is 1. The van der Waals surface area contributed by atoms with E-state index in [0.29, 0.717) is 16.7 Å². The molecule has 10 nitrogen and oxygen atoms in total. The predicted octanol–water partition coefficient (Wildman–Crippen LogP) is 2.15. The van der Waals surface area contributed by atoms with Crippen LogP contribution in [0.25, 0.3) is 11.1 Å². The zero-order valence-electron chi connectivity index (χ0n) is 19.9. The number of pyridine rings is 1. The van der Waals surface area contributed by atoms with Crippen molar-refractivity contribution in [2.75, 3.05) is 18.9 Å². The Kier molecular flexibility index (Phi) is 8.69. The van der Waals surface area contributed by atoms with Crippen molar-refractivity contribution in [3.8, 4) is 16.9 Å². The van der Waals surface area contributed by atoms with Gasteiger partial charge in [-0.1, -0.05) is 12.1 Å². The Balaban J connectivity index is 1.85. The van der Waals surface area contributed by atoms with Crippen LogP contribution in [0.3, 0.4) is 0 Å². The quantitative estimate of drug-likeness (QED) is 0.193. The molecular formula is C25H26F2N6O4. The number of amides is 2. The van der Waals surface area contributed by atoms with Crippen molar-refractivity contribution in [3.05, 3.63) is 77.0 Å². The fourth-order valence-corrected chi connectivity index (χ4v) is 3.46. The molecule has 0 bridgehead atoms. The predicted molar refractivity (Wildman–Crippen MR) is 132 cm³/mol. The highest BCUT2D eigenvalue weighted by atomic mass is 19.1. The molecule has 12 heteroatoms. The van der Waals surface area contributed by atoms with E-state index < -0.39 is 41.7 Å². The lowest BCUT2D eigenvalue weighted by Crippen LogP contribution is -2.32. The molecule has 0 saturated carbocycles. The van der Waals surface area contributed by atoms with Crippen molar-refractivity contribution in [2.24, 2.45) is 11.5 Å². The number of benzene rings is 2. The van der Waals surface area contributed by atoms with Gasteiger partial charge in [-0.2, -0.15) is 0 Å². The molecule has 3 aromatic rings. The summed E-state index contributed by atoms with van der Waals surface area (Å²) in [6, 6.07) is 9.70. The second kappa shape index (κ2) is 11.9. The van der Waals surface area contributed by atoms with Gasteiger partial charge in [0.2, 0.25) is 0 Å². The molecule has 194 valence electrons. The van der Waals surface area contributed by atoms with Gasteiger partial charge in [0, 0.05) is 36.0 Å². The van der Waals surface area contributed by atoms with Crippen molar-refractivity contribution >= 4 is 23.5 Å². The SMILES string of the molecule is CCOC(C(=O)NCc1ccc(C(=N)N)cc1OCC(N)=O)c1c(F)cc(-c2ccc(N)nc2)cc1F. The fourth-order valence-electron chi connectivity index (χ4n) is 3.46. The molecule has 37 heavy (non-hydrogen) atoms. The molecule has 3 rings (SSSR count).